The van der Waals surface area contributed by atoms with Gasteiger partial charge in [0.2, 0.25) is 11.8 Å². The van der Waals surface area contributed by atoms with Gasteiger partial charge in [-0.15, -0.1) is 0 Å². The molecule has 148 valence electrons. The number of hydrogen-bond donors (Lipinski definition) is 3. The van der Waals surface area contributed by atoms with Gasteiger partial charge in [-0.3, -0.25) is 14.4 Å². The van der Waals surface area contributed by atoms with Gasteiger partial charge in [-0.05, 0) is 42.3 Å². The molecular weight excluding hydrogens is 425 g/mol. The van der Waals surface area contributed by atoms with E-state index in [1.165, 1.54) is 18.2 Å². The van der Waals surface area contributed by atoms with Crippen LogP contribution in [-0.4, -0.2) is 37.4 Å². The van der Waals surface area contributed by atoms with Crippen molar-refractivity contribution < 1.29 is 14.4 Å². The standard InChI is InChI=1S/C19H18Cl3N3O3/c20-13-3-1-12(2-4-13)7-8-23-17(26)10-24-18(27)11-25-19(28)15-6-5-14(21)9-16(15)22/h1-6,9H,7-8,10-11H2,(H,23,26)(H,24,27)(H,25,28). The molecule has 0 aromatic heterocycles. The Hall–Kier alpha value is -2.28. The zero-order valence-electron chi connectivity index (χ0n) is 14.7. The minimum Gasteiger partial charge on any atom is -0.354 e. The van der Waals surface area contributed by atoms with Gasteiger partial charge in [-0.1, -0.05) is 46.9 Å². The molecule has 28 heavy (non-hydrogen) atoms. The maximum Gasteiger partial charge on any atom is 0.253 e. The van der Waals surface area contributed by atoms with Gasteiger partial charge in [0.05, 0.1) is 23.7 Å². The molecular formula is C19H18Cl3N3O3. The van der Waals surface area contributed by atoms with Crippen molar-refractivity contribution in [3.05, 3.63) is 68.7 Å². The second-order valence-corrected chi connectivity index (χ2v) is 7.09. The van der Waals surface area contributed by atoms with Crippen molar-refractivity contribution in [2.75, 3.05) is 19.6 Å². The number of carbonyl (C=O) groups is 3. The lowest BCUT2D eigenvalue weighted by atomic mass is 10.1. The molecule has 0 aliphatic carbocycles. The molecule has 0 atom stereocenters. The second-order valence-electron chi connectivity index (χ2n) is 5.81. The summed E-state index contributed by atoms with van der Waals surface area (Å²) in [4.78, 5) is 35.6. The van der Waals surface area contributed by atoms with Crippen molar-refractivity contribution in [3.63, 3.8) is 0 Å². The molecule has 0 fully saturated rings. The first-order valence-corrected chi connectivity index (χ1v) is 9.49. The predicted molar refractivity (Wildman–Crippen MR) is 110 cm³/mol. The molecule has 2 aromatic carbocycles. The SMILES string of the molecule is O=C(CNC(=O)CNC(=O)c1ccc(Cl)cc1Cl)NCCc1ccc(Cl)cc1. The van der Waals surface area contributed by atoms with E-state index in [1.54, 1.807) is 12.1 Å². The van der Waals surface area contributed by atoms with Crippen LogP contribution >= 0.6 is 34.8 Å². The molecule has 2 aromatic rings. The number of hydrogen-bond acceptors (Lipinski definition) is 3. The van der Waals surface area contributed by atoms with Gasteiger partial charge in [-0.2, -0.15) is 0 Å². The highest BCUT2D eigenvalue weighted by Crippen LogP contribution is 2.20. The summed E-state index contributed by atoms with van der Waals surface area (Å²) in [6.07, 6.45) is 0.648. The molecule has 0 radical (unpaired) electrons. The van der Waals surface area contributed by atoms with Crippen LogP contribution in [0.2, 0.25) is 15.1 Å². The lowest BCUT2D eigenvalue weighted by Gasteiger charge is -2.09. The fourth-order valence-electron chi connectivity index (χ4n) is 2.23. The molecule has 0 aliphatic rings. The third-order valence-electron chi connectivity index (χ3n) is 3.68. The van der Waals surface area contributed by atoms with E-state index >= 15 is 0 Å². The molecule has 9 heteroatoms. The summed E-state index contributed by atoms with van der Waals surface area (Å²) >= 11 is 17.5. The van der Waals surface area contributed by atoms with Crippen molar-refractivity contribution in [1.82, 2.24) is 16.0 Å². The van der Waals surface area contributed by atoms with Crippen LogP contribution in [0.25, 0.3) is 0 Å². The zero-order valence-corrected chi connectivity index (χ0v) is 17.0. The molecule has 3 N–H and O–H groups in total. The largest absolute Gasteiger partial charge is 0.354 e. The van der Waals surface area contributed by atoms with Gasteiger partial charge in [-0.25, -0.2) is 0 Å². The summed E-state index contributed by atoms with van der Waals surface area (Å²) in [6.45, 7) is -0.0327. The van der Waals surface area contributed by atoms with Gasteiger partial charge in [0, 0.05) is 16.6 Å². The van der Waals surface area contributed by atoms with Crippen LogP contribution in [-0.2, 0) is 16.0 Å². The first-order chi connectivity index (χ1) is 13.3. The van der Waals surface area contributed by atoms with Crippen LogP contribution in [0, 0.1) is 0 Å². The fraction of sp³-hybridized carbons (Fsp3) is 0.211. The highest BCUT2D eigenvalue weighted by molar-refractivity contribution is 6.36. The molecule has 6 nitrogen and oxygen atoms in total. The van der Waals surface area contributed by atoms with Gasteiger partial charge in [0.15, 0.2) is 0 Å². The van der Waals surface area contributed by atoms with E-state index in [1.807, 2.05) is 12.1 Å². The van der Waals surface area contributed by atoms with E-state index in [-0.39, 0.29) is 29.6 Å². The van der Waals surface area contributed by atoms with Crippen molar-refractivity contribution in [2.24, 2.45) is 0 Å². The van der Waals surface area contributed by atoms with E-state index < -0.39 is 11.8 Å². The molecule has 0 unspecified atom stereocenters. The van der Waals surface area contributed by atoms with Crippen LogP contribution < -0.4 is 16.0 Å². The third-order valence-corrected chi connectivity index (χ3v) is 4.48. The third kappa shape index (κ3) is 7.38. The Morgan fingerprint density at radius 3 is 2.04 bits per heavy atom. The number of rotatable bonds is 8. The Labute approximate surface area is 177 Å². The number of nitrogens with one attached hydrogen (secondary N) is 3. The maximum atomic E-state index is 12.0. The maximum absolute atomic E-state index is 12.0. The number of benzene rings is 2. The van der Waals surface area contributed by atoms with Gasteiger partial charge >= 0.3 is 0 Å². The Bertz CT molecular complexity index is 857. The summed E-state index contributed by atoms with van der Waals surface area (Å²) in [5.74, 6) is -1.33. The van der Waals surface area contributed by atoms with E-state index in [4.69, 9.17) is 34.8 Å². The van der Waals surface area contributed by atoms with Crippen LogP contribution in [0.1, 0.15) is 15.9 Å². The number of halogens is 3. The molecule has 0 heterocycles. The van der Waals surface area contributed by atoms with Crippen LogP contribution in [0.5, 0.6) is 0 Å². The van der Waals surface area contributed by atoms with Gasteiger partial charge in [0.25, 0.3) is 5.91 Å². The van der Waals surface area contributed by atoms with E-state index in [0.29, 0.717) is 23.0 Å². The molecule has 0 saturated heterocycles. The van der Waals surface area contributed by atoms with Gasteiger partial charge in [0.1, 0.15) is 0 Å². The first kappa shape index (κ1) is 22.0. The minimum atomic E-state index is -0.510. The van der Waals surface area contributed by atoms with E-state index in [2.05, 4.69) is 16.0 Å². The van der Waals surface area contributed by atoms with Crippen LogP contribution in [0.3, 0.4) is 0 Å². The Morgan fingerprint density at radius 2 is 1.36 bits per heavy atom. The average Bonchev–Trinajstić information content (AvgIpc) is 2.66. The summed E-state index contributed by atoms with van der Waals surface area (Å²) in [6, 6.07) is 11.8. The minimum absolute atomic E-state index is 0.184. The highest BCUT2D eigenvalue weighted by atomic mass is 35.5. The quantitative estimate of drug-likeness (QED) is 0.587. The van der Waals surface area contributed by atoms with Crippen molar-refractivity contribution in [3.8, 4) is 0 Å². The summed E-state index contributed by atoms with van der Waals surface area (Å²) < 4.78 is 0. The van der Waals surface area contributed by atoms with Crippen molar-refractivity contribution in [1.29, 1.82) is 0 Å². The predicted octanol–water partition coefficient (Wildman–Crippen LogP) is 2.85. The molecule has 0 bridgehead atoms. The monoisotopic (exact) mass is 441 g/mol. The Kier molecular flexibility index (Phi) is 8.57. The smallest absolute Gasteiger partial charge is 0.253 e. The summed E-state index contributed by atoms with van der Waals surface area (Å²) in [7, 11) is 0. The highest BCUT2D eigenvalue weighted by Gasteiger charge is 2.12. The second kappa shape index (κ2) is 10.9. The molecule has 0 aliphatic heterocycles. The lowest BCUT2D eigenvalue weighted by molar-refractivity contribution is -0.125. The van der Waals surface area contributed by atoms with Gasteiger partial charge < -0.3 is 16.0 Å². The normalized spacial score (nSPS) is 10.2. The average molecular weight is 443 g/mol. The Balaban J connectivity index is 1.65. The Morgan fingerprint density at radius 1 is 0.750 bits per heavy atom. The van der Waals surface area contributed by atoms with Crippen molar-refractivity contribution >= 4 is 52.5 Å². The zero-order chi connectivity index (χ0) is 20.5. The van der Waals surface area contributed by atoms with Crippen molar-refractivity contribution in [2.45, 2.75) is 6.42 Å². The van der Waals surface area contributed by atoms with E-state index in [0.717, 1.165) is 5.56 Å². The molecule has 0 saturated carbocycles. The topological polar surface area (TPSA) is 87.3 Å². The lowest BCUT2D eigenvalue weighted by Crippen LogP contribution is -2.42. The van der Waals surface area contributed by atoms with Crippen LogP contribution in [0.4, 0.5) is 0 Å². The number of carbonyl (C=O) groups excluding carboxylic acids is 3. The van der Waals surface area contributed by atoms with E-state index in [9.17, 15) is 14.4 Å². The number of amides is 3. The summed E-state index contributed by atoms with van der Waals surface area (Å²) in [5, 5.41) is 8.81. The molecule has 3 amide bonds. The molecule has 0 spiro atoms. The fourth-order valence-corrected chi connectivity index (χ4v) is 2.85. The first-order valence-electron chi connectivity index (χ1n) is 8.36. The summed E-state index contributed by atoms with van der Waals surface area (Å²) in [5.41, 5.74) is 1.25. The van der Waals surface area contributed by atoms with Crippen LogP contribution in [0.15, 0.2) is 42.5 Å². The molecule has 2 rings (SSSR count).